The Hall–Kier alpha value is -2.09. The Bertz CT molecular complexity index is 410. The highest BCUT2D eigenvalue weighted by molar-refractivity contribution is 5.89. The average Bonchev–Trinajstić information content (AvgIpc) is 2.28. The van der Waals surface area contributed by atoms with E-state index < -0.39 is 5.97 Å². The largest absolute Gasteiger partial charge is 0.494 e. The van der Waals surface area contributed by atoms with Crippen LogP contribution >= 0.6 is 0 Å². The Labute approximate surface area is 87.3 Å². The molecule has 0 atom stereocenters. The lowest BCUT2D eigenvalue weighted by atomic mass is 10.2. The van der Waals surface area contributed by atoms with Gasteiger partial charge in [-0.2, -0.15) is 5.26 Å². The van der Waals surface area contributed by atoms with Gasteiger partial charge in [-0.3, -0.25) is 0 Å². The number of hydrogen-bond acceptors (Lipinski definition) is 5. The van der Waals surface area contributed by atoms with Crippen molar-refractivity contribution in [3.05, 3.63) is 23.5 Å². The number of hydrogen-bond donors (Lipinski definition) is 0. The van der Waals surface area contributed by atoms with Gasteiger partial charge in [-0.15, -0.1) is 0 Å². The molecule has 0 fully saturated rings. The van der Waals surface area contributed by atoms with Crippen molar-refractivity contribution in [3.63, 3.8) is 0 Å². The van der Waals surface area contributed by atoms with Crippen molar-refractivity contribution in [2.75, 3.05) is 13.7 Å². The Kier molecular flexibility index (Phi) is 3.63. The van der Waals surface area contributed by atoms with Crippen LogP contribution in [0.2, 0.25) is 0 Å². The lowest BCUT2D eigenvalue weighted by molar-refractivity contribution is 0.0525. The van der Waals surface area contributed by atoms with Crippen LogP contribution in [0.15, 0.2) is 12.3 Å². The number of methoxy groups -OCH3 is 1. The van der Waals surface area contributed by atoms with Crippen LogP contribution in [0.3, 0.4) is 0 Å². The molecular formula is C10H10N2O3. The fourth-order valence-electron chi connectivity index (χ4n) is 1.01. The molecule has 0 aromatic carbocycles. The highest BCUT2D eigenvalue weighted by Crippen LogP contribution is 2.16. The van der Waals surface area contributed by atoms with E-state index in [4.69, 9.17) is 14.7 Å². The molecule has 0 saturated heterocycles. The number of pyridine rings is 1. The van der Waals surface area contributed by atoms with Crippen molar-refractivity contribution in [2.24, 2.45) is 0 Å². The van der Waals surface area contributed by atoms with E-state index in [0.717, 1.165) is 0 Å². The Morgan fingerprint density at radius 3 is 2.93 bits per heavy atom. The van der Waals surface area contributed by atoms with Crippen LogP contribution in [0.5, 0.6) is 5.75 Å². The number of carbonyl (C=O) groups excluding carboxylic acids is 1. The van der Waals surface area contributed by atoms with E-state index in [1.54, 1.807) is 6.92 Å². The number of nitriles is 1. The zero-order chi connectivity index (χ0) is 11.3. The summed E-state index contributed by atoms with van der Waals surface area (Å²) >= 11 is 0. The van der Waals surface area contributed by atoms with Gasteiger partial charge >= 0.3 is 5.97 Å². The van der Waals surface area contributed by atoms with Crippen molar-refractivity contribution in [1.82, 2.24) is 4.98 Å². The molecule has 1 aromatic rings. The van der Waals surface area contributed by atoms with Crippen LogP contribution in [-0.2, 0) is 4.74 Å². The van der Waals surface area contributed by atoms with Crippen molar-refractivity contribution >= 4 is 5.97 Å². The summed E-state index contributed by atoms with van der Waals surface area (Å²) in [4.78, 5) is 15.1. The van der Waals surface area contributed by atoms with Crippen LogP contribution in [0.1, 0.15) is 23.0 Å². The lowest BCUT2D eigenvalue weighted by Gasteiger charge is -2.04. The lowest BCUT2D eigenvalue weighted by Crippen LogP contribution is -2.06. The third-order valence-electron chi connectivity index (χ3n) is 1.69. The molecule has 0 unspecified atom stereocenters. The van der Waals surface area contributed by atoms with Crippen molar-refractivity contribution in [1.29, 1.82) is 5.26 Å². The second-order valence-electron chi connectivity index (χ2n) is 2.61. The number of esters is 1. The second-order valence-corrected chi connectivity index (χ2v) is 2.61. The number of nitrogens with zero attached hydrogens (tertiary/aromatic N) is 2. The Balaban J connectivity index is 3.04. The summed E-state index contributed by atoms with van der Waals surface area (Å²) < 4.78 is 9.70. The molecule has 0 aliphatic carbocycles. The standard InChI is InChI=1S/C10H10N2O3/c1-3-15-10(13)7-4-9(14-2)8(5-11)12-6-7/h4,6H,3H2,1-2H3. The first-order valence-electron chi connectivity index (χ1n) is 4.34. The summed E-state index contributed by atoms with van der Waals surface area (Å²) in [5, 5.41) is 8.67. The van der Waals surface area contributed by atoms with Crippen molar-refractivity contribution in [3.8, 4) is 11.8 Å². The molecule has 1 rings (SSSR count). The molecule has 0 N–H and O–H groups in total. The molecule has 15 heavy (non-hydrogen) atoms. The zero-order valence-electron chi connectivity index (χ0n) is 8.48. The first-order valence-corrected chi connectivity index (χ1v) is 4.34. The minimum Gasteiger partial charge on any atom is -0.494 e. The maximum absolute atomic E-state index is 11.3. The minimum absolute atomic E-state index is 0.144. The first kappa shape index (κ1) is 11.0. The third kappa shape index (κ3) is 2.44. The van der Waals surface area contributed by atoms with E-state index in [1.165, 1.54) is 19.4 Å². The molecule has 0 amide bonds. The van der Waals surface area contributed by atoms with Gasteiger partial charge in [0.1, 0.15) is 6.07 Å². The van der Waals surface area contributed by atoms with Gasteiger partial charge in [0.15, 0.2) is 11.4 Å². The van der Waals surface area contributed by atoms with E-state index >= 15 is 0 Å². The summed E-state index contributed by atoms with van der Waals surface area (Å²) in [6.45, 7) is 2.01. The smallest absolute Gasteiger partial charge is 0.339 e. The Morgan fingerprint density at radius 2 is 2.40 bits per heavy atom. The monoisotopic (exact) mass is 206 g/mol. The molecule has 0 bridgehead atoms. The molecule has 5 heteroatoms. The molecule has 1 aromatic heterocycles. The summed E-state index contributed by atoms with van der Waals surface area (Å²) in [6, 6.07) is 3.29. The van der Waals surface area contributed by atoms with Crippen LogP contribution in [-0.4, -0.2) is 24.7 Å². The molecule has 0 aliphatic heterocycles. The van der Waals surface area contributed by atoms with Gasteiger partial charge in [0.2, 0.25) is 0 Å². The molecule has 0 saturated carbocycles. The van der Waals surface area contributed by atoms with Gasteiger partial charge in [0.25, 0.3) is 0 Å². The van der Waals surface area contributed by atoms with E-state index in [-0.39, 0.29) is 17.0 Å². The van der Waals surface area contributed by atoms with Gasteiger partial charge in [-0.05, 0) is 13.0 Å². The number of rotatable bonds is 3. The average molecular weight is 206 g/mol. The predicted octanol–water partition coefficient (Wildman–Crippen LogP) is 1.14. The van der Waals surface area contributed by atoms with Crippen LogP contribution in [0.25, 0.3) is 0 Å². The maximum Gasteiger partial charge on any atom is 0.339 e. The van der Waals surface area contributed by atoms with Crippen molar-refractivity contribution < 1.29 is 14.3 Å². The first-order chi connectivity index (χ1) is 7.22. The summed E-state index contributed by atoms with van der Waals surface area (Å²) in [7, 11) is 1.41. The molecular weight excluding hydrogens is 196 g/mol. The topological polar surface area (TPSA) is 72.2 Å². The van der Waals surface area contributed by atoms with Crippen LogP contribution in [0, 0.1) is 11.3 Å². The highest BCUT2D eigenvalue weighted by Gasteiger charge is 2.11. The highest BCUT2D eigenvalue weighted by atomic mass is 16.5. The van der Waals surface area contributed by atoms with Crippen LogP contribution < -0.4 is 4.74 Å². The molecule has 0 spiro atoms. The summed E-state index contributed by atoms with van der Waals surface area (Å²) in [6.07, 6.45) is 1.29. The molecule has 0 aliphatic rings. The Morgan fingerprint density at radius 1 is 1.67 bits per heavy atom. The SMILES string of the molecule is CCOC(=O)c1cnc(C#N)c(OC)c1. The number of ether oxygens (including phenoxy) is 2. The maximum atomic E-state index is 11.3. The second kappa shape index (κ2) is 4.96. The van der Waals surface area contributed by atoms with Crippen LogP contribution in [0.4, 0.5) is 0 Å². The zero-order valence-corrected chi connectivity index (χ0v) is 8.48. The predicted molar refractivity (Wildman–Crippen MR) is 51.5 cm³/mol. The summed E-state index contributed by atoms with van der Waals surface area (Å²) in [5.41, 5.74) is 0.415. The number of carbonyl (C=O) groups is 1. The van der Waals surface area contributed by atoms with Gasteiger partial charge in [0.05, 0.1) is 19.3 Å². The van der Waals surface area contributed by atoms with Crippen molar-refractivity contribution in [2.45, 2.75) is 6.92 Å². The number of aromatic nitrogens is 1. The fourth-order valence-corrected chi connectivity index (χ4v) is 1.01. The molecule has 1 heterocycles. The normalized spacial score (nSPS) is 9.13. The van der Waals surface area contributed by atoms with Gasteiger partial charge in [-0.25, -0.2) is 9.78 Å². The third-order valence-corrected chi connectivity index (χ3v) is 1.69. The van der Waals surface area contributed by atoms with E-state index in [0.29, 0.717) is 6.61 Å². The minimum atomic E-state index is -0.479. The van der Waals surface area contributed by atoms with E-state index in [9.17, 15) is 4.79 Å². The fraction of sp³-hybridized carbons (Fsp3) is 0.300. The van der Waals surface area contributed by atoms with Gasteiger partial charge in [0, 0.05) is 6.20 Å². The molecule has 5 nitrogen and oxygen atoms in total. The quantitative estimate of drug-likeness (QED) is 0.693. The van der Waals surface area contributed by atoms with E-state index in [1.807, 2.05) is 6.07 Å². The molecule has 78 valence electrons. The summed E-state index contributed by atoms with van der Waals surface area (Å²) in [5.74, 6) is -0.212. The van der Waals surface area contributed by atoms with E-state index in [2.05, 4.69) is 4.98 Å². The van der Waals surface area contributed by atoms with Gasteiger partial charge in [-0.1, -0.05) is 0 Å². The molecule has 0 radical (unpaired) electrons. The van der Waals surface area contributed by atoms with Gasteiger partial charge < -0.3 is 9.47 Å².